The molecule has 0 aromatic carbocycles. The standard InChI is InChI=1S/C12H20NO3/c1-5-13(10(2)14,6-11(3)8-15-11)7-12(4)9-16-12/h5H,1,6-9H2,2-4H3/q+1. The molecule has 2 rings (SSSR count). The number of hydrogen-bond acceptors (Lipinski definition) is 3. The molecule has 0 bridgehead atoms. The highest BCUT2D eigenvalue weighted by Crippen LogP contribution is 2.35. The van der Waals surface area contributed by atoms with Crippen LogP contribution in [0.4, 0.5) is 0 Å². The van der Waals surface area contributed by atoms with Crippen molar-refractivity contribution in [2.75, 3.05) is 26.3 Å². The normalized spacial score (nSPS) is 39.9. The highest BCUT2D eigenvalue weighted by atomic mass is 16.6. The van der Waals surface area contributed by atoms with Crippen LogP contribution < -0.4 is 0 Å². The fourth-order valence-electron chi connectivity index (χ4n) is 2.16. The van der Waals surface area contributed by atoms with Gasteiger partial charge in [-0.05, 0) is 20.4 Å². The lowest BCUT2D eigenvalue weighted by atomic mass is 10.1. The average Bonchev–Trinajstić information content (AvgIpc) is 3.08. The van der Waals surface area contributed by atoms with Gasteiger partial charge in [0.2, 0.25) is 0 Å². The van der Waals surface area contributed by atoms with E-state index in [0.29, 0.717) is 13.1 Å². The summed E-state index contributed by atoms with van der Waals surface area (Å²) in [6.45, 7) is 12.3. The Bertz CT molecular complexity index is 309. The summed E-state index contributed by atoms with van der Waals surface area (Å²) in [4.78, 5) is 11.9. The zero-order valence-electron chi connectivity index (χ0n) is 10.3. The van der Waals surface area contributed by atoms with Crippen LogP contribution in [-0.4, -0.2) is 47.9 Å². The quantitative estimate of drug-likeness (QED) is 0.520. The molecule has 1 amide bonds. The predicted molar refractivity (Wildman–Crippen MR) is 59.6 cm³/mol. The van der Waals surface area contributed by atoms with Crippen molar-refractivity contribution in [1.82, 2.24) is 0 Å². The molecular formula is C12H20NO3+. The van der Waals surface area contributed by atoms with Gasteiger partial charge in [0, 0.05) is 0 Å². The number of hydrogen-bond donors (Lipinski definition) is 0. The minimum atomic E-state index is -0.162. The number of nitrogens with zero attached hydrogens (tertiary/aromatic N) is 1. The third kappa shape index (κ3) is 2.19. The Kier molecular flexibility index (Phi) is 2.49. The van der Waals surface area contributed by atoms with Crippen molar-refractivity contribution in [3.63, 3.8) is 0 Å². The molecule has 0 radical (unpaired) electrons. The van der Waals surface area contributed by atoms with Crippen LogP contribution in [0, 0.1) is 0 Å². The molecule has 2 saturated heterocycles. The molecule has 0 aromatic rings. The van der Waals surface area contributed by atoms with Gasteiger partial charge in [-0.15, -0.1) is 0 Å². The van der Waals surface area contributed by atoms with Crippen molar-refractivity contribution < 1.29 is 18.8 Å². The van der Waals surface area contributed by atoms with Crippen LogP contribution in [0.1, 0.15) is 20.8 Å². The van der Waals surface area contributed by atoms with Crippen molar-refractivity contribution in [1.29, 1.82) is 0 Å². The van der Waals surface area contributed by atoms with Crippen LogP contribution in [-0.2, 0) is 14.3 Å². The van der Waals surface area contributed by atoms with Crippen molar-refractivity contribution in [3.05, 3.63) is 12.8 Å². The molecular weight excluding hydrogens is 206 g/mol. The number of amides is 1. The lowest BCUT2D eigenvalue weighted by Gasteiger charge is -2.33. The average molecular weight is 226 g/mol. The number of ether oxygens (including phenoxy) is 2. The highest BCUT2D eigenvalue weighted by Gasteiger charge is 2.54. The van der Waals surface area contributed by atoms with Gasteiger partial charge >= 0.3 is 5.91 Å². The van der Waals surface area contributed by atoms with E-state index in [4.69, 9.17) is 9.47 Å². The molecule has 0 saturated carbocycles. The molecule has 0 aliphatic carbocycles. The molecule has 0 aromatic heterocycles. The summed E-state index contributed by atoms with van der Waals surface area (Å²) in [7, 11) is 0. The van der Waals surface area contributed by atoms with Crippen LogP contribution in [0.15, 0.2) is 12.8 Å². The van der Waals surface area contributed by atoms with Gasteiger partial charge in [-0.1, -0.05) is 0 Å². The van der Waals surface area contributed by atoms with Crippen molar-refractivity contribution in [3.8, 4) is 0 Å². The minimum Gasteiger partial charge on any atom is -0.364 e. The summed E-state index contributed by atoms with van der Waals surface area (Å²) >= 11 is 0. The summed E-state index contributed by atoms with van der Waals surface area (Å²) < 4.78 is 11.0. The minimum absolute atomic E-state index is 0.100. The number of carbonyl (C=O) groups excluding carboxylic acids is 1. The van der Waals surface area contributed by atoms with Gasteiger partial charge < -0.3 is 9.47 Å². The first kappa shape index (κ1) is 11.8. The number of carbonyl (C=O) groups is 1. The molecule has 2 heterocycles. The Morgan fingerprint density at radius 2 is 1.69 bits per heavy atom. The fourth-order valence-corrected chi connectivity index (χ4v) is 2.16. The van der Waals surface area contributed by atoms with Gasteiger partial charge in [-0.2, -0.15) is 0 Å². The van der Waals surface area contributed by atoms with Crippen LogP contribution >= 0.6 is 0 Å². The zero-order valence-corrected chi connectivity index (χ0v) is 10.3. The van der Waals surface area contributed by atoms with E-state index >= 15 is 0 Å². The zero-order chi connectivity index (χ0) is 12.0. The van der Waals surface area contributed by atoms with Gasteiger partial charge in [0.15, 0.2) is 0 Å². The van der Waals surface area contributed by atoms with E-state index in [-0.39, 0.29) is 21.6 Å². The molecule has 4 nitrogen and oxygen atoms in total. The lowest BCUT2D eigenvalue weighted by molar-refractivity contribution is -0.809. The molecule has 16 heavy (non-hydrogen) atoms. The third-order valence-corrected chi connectivity index (χ3v) is 3.48. The third-order valence-electron chi connectivity index (χ3n) is 3.48. The van der Waals surface area contributed by atoms with Gasteiger partial charge in [0.25, 0.3) is 0 Å². The molecule has 0 spiro atoms. The SMILES string of the molecule is C=C[N+](CC1(C)CO1)(CC1(C)CO1)C(C)=O. The molecule has 0 N–H and O–H groups in total. The summed E-state index contributed by atoms with van der Waals surface area (Å²) in [6, 6.07) is 0. The largest absolute Gasteiger partial charge is 0.364 e. The first-order chi connectivity index (χ1) is 7.33. The van der Waals surface area contributed by atoms with Crippen molar-refractivity contribution in [2.45, 2.75) is 32.0 Å². The van der Waals surface area contributed by atoms with Gasteiger partial charge in [-0.25, -0.2) is 9.28 Å². The molecule has 90 valence electrons. The monoisotopic (exact) mass is 226 g/mol. The highest BCUT2D eigenvalue weighted by molar-refractivity contribution is 5.66. The second-order valence-corrected chi connectivity index (χ2v) is 5.53. The van der Waals surface area contributed by atoms with Crippen LogP contribution in [0.5, 0.6) is 0 Å². The first-order valence-electron chi connectivity index (χ1n) is 5.63. The van der Waals surface area contributed by atoms with Crippen molar-refractivity contribution in [2.24, 2.45) is 0 Å². The lowest BCUT2D eigenvalue weighted by Crippen LogP contribution is -2.55. The molecule has 2 aliphatic heterocycles. The topological polar surface area (TPSA) is 42.1 Å². The maximum atomic E-state index is 11.9. The van der Waals surface area contributed by atoms with E-state index in [2.05, 4.69) is 6.58 Å². The Labute approximate surface area is 96.4 Å². The summed E-state index contributed by atoms with van der Waals surface area (Å²) in [6.07, 6.45) is 1.72. The van der Waals surface area contributed by atoms with Gasteiger partial charge in [0.05, 0.1) is 26.3 Å². The van der Waals surface area contributed by atoms with Gasteiger partial charge in [0.1, 0.15) is 24.3 Å². The number of quaternary nitrogens is 1. The smallest absolute Gasteiger partial charge is 0.315 e. The maximum Gasteiger partial charge on any atom is 0.315 e. The predicted octanol–water partition coefficient (Wildman–Crippen LogP) is 1.07. The van der Waals surface area contributed by atoms with E-state index in [1.807, 2.05) is 13.8 Å². The Morgan fingerprint density at radius 1 is 1.31 bits per heavy atom. The Hall–Kier alpha value is -0.710. The Balaban J connectivity index is 2.15. The first-order valence-corrected chi connectivity index (χ1v) is 5.63. The Morgan fingerprint density at radius 3 is 1.88 bits per heavy atom. The van der Waals surface area contributed by atoms with E-state index in [1.54, 1.807) is 13.1 Å². The molecule has 2 atom stereocenters. The summed E-state index contributed by atoms with van der Waals surface area (Å²) in [5.41, 5.74) is -0.323. The molecule has 2 fully saturated rings. The van der Waals surface area contributed by atoms with Gasteiger partial charge in [-0.3, -0.25) is 0 Å². The second kappa shape index (κ2) is 3.39. The van der Waals surface area contributed by atoms with E-state index < -0.39 is 0 Å². The molecule has 2 aliphatic rings. The van der Waals surface area contributed by atoms with Crippen molar-refractivity contribution >= 4 is 5.91 Å². The molecule has 4 heteroatoms. The van der Waals surface area contributed by atoms with E-state index in [1.165, 1.54) is 0 Å². The maximum absolute atomic E-state index is 11.9. The van der Waals surface area contributed by atoms with Crippen LogP contribution in [0.3, 0.4) is 0 Å². The van der Waals surface area contributed by atoms with Crippen LogP contribution in [0.25, 0.3) is 0 Å². The molecule has 2 unspecified atom stereocenters. The van der Waals surface area contributed by atoms with E-state index in [9.17, 15) is 4.79 Å². The number of epoxide rings is 2. The van der Waals surface area contributed by atoms with E-state index in [0.717, 1.165) is 13.2 Å². The second-order valence-electron chi connectivity index (χ2n) is 5.53. The summed E-state index contributed by atoms with van der Waals surface area (Å²) in [5.74, 6) is 0.100. The summed E-state index contributed by atoms with van der Waals surface area (Å²) in [5, 5.41) is 0. The number of rotatable bonds is 5. The fraction of sp³-hybridized carbons (Fsp3) is 0.750. The van der Waals surface area contributed by atoms with Crippen LogP contribution in [0.2, 0.25) is 0 Å².